The first-order chi connectivity index (χ1) is 10.2. The van der Waals surface area contributed by atoms with Crippen LogP contribution in [0, 0.1) is 6.92 Å². The molecular weight excluding hydrogens is 268 g/mol. The molecule has 1 saturated carbocycles. The maximum absolute atomic E-state index is 12.0. The van der Waals surface area contributed by atoms with Crippen molar-refractivity contribution in [3.05, 3.63) is 17.6 Å². The number of aromatic nitrogens is 2. The number of ether oxygens (including phenoxy) is 1. The lowest BCUT2D eigenvalue weighted by molar-refractivity contribution is -0.122. The van der Waals surface area contributed by atoms with Crippen molar-refractivity contribution in [1.29, 1.82) is 0 Å². The van der Waals surface area contributed by atoms with E-state index >= 15 is 0 Å². The van der Waals surface area contributed by atoms with Crippen molar-refractivity contribution in [3.8, 4) is 0 Å². The van der Waals surface area contributed by atoms with E-state index < -0.39 is 0 Å². The van der Waals surface area contributed by atoms with E-state index in [1.54, 1.807) is 7.11 Å². The van der Waals surface area contributed by atoms with Crippen molar-refractivity contribution >= 4 is 11.7 Å². The number of nitrogens with zero attached hydrogens (tertiary/aromatic N) is 3. The van der Waals surface area contributed by atoms with Crippen LogP contribution in [0.2, 0.25) is 0 Å². The largest absolute Gasteiger partial charge is 0.377 e. The van der Waals surface area contributed by atoms with E-state index in [9.17, 15) is 4.79 Å². The molecule has 2 aliphatic rings. The average Bonchev–Trinajstić information content (AvgIpc) is 2.46. The van der Waals surface area contributed by atoms with Gasteiger partial charge in [0.2, 0.25) is 5.91 Å². The first kappa shape index (κ1) is 14.3. The Bertz CT molecular complexity index is 534. The van der Waals surface area contributed by atoms with Crippen molar-refractivity contribution in [1.82, 2.24) is 15.3 Å². The SMILES string of the molecule is COCc1nc(C)cc(N2CC(=O)NC3CCCCC32)n1. The second-order valence-electron chi connectivity index (χ2n) is 5.87. The quantitative estimate of drug-likeness (QED) is 0.905. The number of hydrogen-bond donors (Lipinski definition) is 1. The molecule has 6 nitrogen and oxygen atoms in total. The minimum absolute atomic E-state index is 0.0858. The van der Waals surface area contributed by atoms with Crippen molar-refractivity contribution in [2.24, 2.45) is 0 Å². The molecule has 6 heteroatoms. The number of fused-ring (bicyclic) bond motifs is 1. The monoisotopic (exact) mass is 290 g/mol. The summed E-state index contributed by atoms with van der Waals surface area (Å²) in [5.74, 6) is 1.61. The minimum Gasteiger partial charge on any atom is -0.377 e. The van der Waals surface area contributed by atoms with Crippen LogP contribution in [0.3, 0.4) is 0 Å². The van der Waals surface area contributed by atoms with Gasteiger partial charge < -0.3 is 15.0 Å². The summed E-state index contributed by atoms with van der Waals surface area (Å²) in [6.45, 7) is 2.72. The Morgan fingerprint density at radius 2 is 2.19 bits per heavy atom. The molecule has 2 fully saturated rings. The van der Waals surface area contributed by atoms with E-state index in [1.807, 2.05) is 13.0 Å². The van der Waals surface area contributed by atoms with E-state index in [2.05, 4.69) is 20.2 Å². The zero-order valence-corrected chi connectivity index (χ0v) is 12.6. The topological polar surface area (TPSA) is 67.3 Å². The smallest absolute Gasteiger partial charge is 0.239 e. The molecule has 0 aromatic carbocycles. The highest BCUT2D eigenvalue weighted by Crippen LogP contribution is 2.29. The van der Waals surface area contributed by atoms with Crippen LogP contribution in [0.4, 0.5) is 5.82 Å². The molecule has 2 unspecified atom stereocenters. The Morgan fingerprint density at radius 1 is 1.38 bits per heavy atom. The Hall–Kier alpha value is -1.69. The Labute approximate surface area is 124 Å². The fraction of sp³-hybridized carbons (Fsp3) is 0.667. The van der Waals surface area contributed by atoms with Gasteiger partial charge in [-0.25, -0.2) is 9.97 Å². The summed E-state index contributed by atoms with van der Waals surface area (Å²) in [7, 11) is 1.64. The Kier molecular flexibility index (Phi) is 4.05. The van der Waals surface area contributed by atoms with Gasteiger partial charge in [-0.2, -0.15) is 0 Å². The third-order valence-corrected chi connectivity index (χ3v) is 4.24. The van der Waals surface area contributed by atoms with Gasteiger partial charge in [-0.05, 0) is 19.8 Å². The summed E-state index contributed by atoms with van der Waals surface area (Å²) in [5.41, 5.74) is 0.908. The highest BCUT2D eigenvalue weighted by atomic mass is 16.5. The molecular formula is C15H22N4O2. The Morgan fingerprint density at radius 3 is 3.00 bits per heavy atom. The molecule has 1 aromatic heterocycles. The zero-order chi connectivity index (χ0) is 14.8. The molecule has 2 heterocycles. The maximum atomic E-state index is 12.0. The number of carbonyl (C=O) groups is 1. The van der Waals surface area contributed by atoms with E-state index in [1.165, 1.54) is 12.8 Å². The second kappa shape index (κ2) is 5.97. The molecule has 0 radical (unpaired) electrons. The zero-order valence-electron chi connectivity index (χ0n) is 12.6. The lowest BCUT2D eigenvalue weighted by Gasteiger charge is -2.44. The molecule has 21 heavy (non-hydrogen) atoms. The van der Waals surface area contributed by atoms with Gasteiger partial charge in [0.25, 0.3) is 0 Å². The van der Waals surface area contributed by atoms with Crippen LogP contribution < -0.4 is 10.2 Å². The van der Waals surface area contributed by atoms with Gasteiger partial charge >= 0.3 is 0 Å². The number of rotatable bonds is 3. The summed E-state index contributed by atoms with van der Waals surface area (Å²) in [6, 6.07) is 2.56. The molecule has 114 valence electrons. The summed E-state index contributed by atoms with van der Waals surface area (Å²) in [4.78, 5) is 23.1. The van der Waals surface area contributed by atoms with Crippen LogP contribution in [0.1, 0.15) is 37.2 Å². The number of anilines is 1. The third-order valence-electron chi connectivity index (χ3n) is 4.24. The summed E-state index contributed by atoms with van der Waals surface area (Å²) >= 11 is 0. The number of methoxy groups -OCH3 is 1. The highest BCUT2D eigenvalue weighted by molar-refractivity contribution is 5.83. The fourth-order valence-corrected chi connectivity index (χ4v) is 3.38. The number of carbonyl (C=O) groups excluding carboxylic acids is 1. The van der Waals surface area contributed by atoms with Crippen LogP contribution in [0.5, 0.6) is 0 Å². The summed E-state index contributed by atoms with van der Waals surface area (Å²) in [5, 5.41) is 3.12. The van der Waals surface area contributed by atoms with Crippen LogP contribution >= 0.6 is 0 Å². The normalized spacial score (nSPS) is 25.4. The van der Waals surface area contributed by atoms with E-state index in [0.717, 1.165) is 24.4 Å². The average molecular weight is 290 g/mol. The first-order valence-electron chi connectivity index (χ1n) is 7.57. The maximum Gasteiger partial charge on any atom is 0.239 e. The minimum atomic E-state index is 0.0858. The van der Waals surface area contributed by atoms with Crippen molar-refractivity contribution in [2.45, 2.75) is 51.3 Å². The van der Waals surface area contributed by atoms with Crippen molar-refractivity contribution < 1.29 is 9.53 Å². The van der Waals surface area contributed by atoms with Gasteiger partial charge in [-0.3, -0.25) is 4.79 Å². The third kappa shape index (κ3) is 3.00. The van der Waals surface area contributed by atoms with E-state index in [4.69, 9.17) is 4.74 Å². The number of nitrogens with one attached hydrogen (secondary N) is 1. The molecule has 2 atom stereocenters. The van der Waals surface area contributed by atoms with Crippen molar-refractivity contribution in [2.75, 3.05) is 18.6 Å². The number of piperazine rings is 1. The predicted octanol–water partition coefficient (Wildman–Crippen LogP) is 1.18. The first-order valence-corrected chi connectivity index (χ1v) is 7.57. The summed E-state index contributed by atoms with van der Waals surface area (Å²) < 4.78 is 5.13. The molecule has 1 aromatic rings. The number of aryl methyl sites for hydroxylation is 1. The number of hydrogen-bond acceptors (Lipinski definition) is 5. The van der Waals surface area contributed by atoms with E-state index in [0.29, 0.717) is 25.0 Å². The molecule has 1 N–H and O–H groups in total. The van der Waals surface area contributed by atoms with Crippen LogP contribution in [0.25, 0.3) is 0 Å². The molecule has 1 aliphatic carbocycles. The van der Waals surface area contributed by atoms with E-state index in [-0.39, 0.29) is 11.9 Å². The molecule has 0 spiro atoms. The molecule has 0 bridgehead atoms. The van der Waals surface area contributed by atoms with Gasteiger partial charge in [0.1, 0.15) is 12.4 Å². The predicted molar refractivity (Wildman–Crippen MR) is 79.0 cm³/mol. The van der Waals surface area contributed by atoms with Crippen LogP contribution in [-0.4, -0.2) is 41.6 Å². The lowest BCUT2D eigenvalue weighted by atomic mass is 9.87. The van der Waals surface area contributed by atoms with Crippen molar-refractivity contribution in [3.63, 3.8) is 0 Å². The highest BCUT2D eigenvalue weighted by Gasteiger charge is 2.37. The van der Waals surface area contributed by atoms with Gasteiger partial charge in [0, 0.05) is 24.9 Å². The van der Waals surface area contributed by atoms with Crippen LogP contribution in [-0.2, 0) is 16.1 Å². The molecule has 1 saturated heterocycles. The summed E-state index contributed by atoms with van der Waals surface area (Å²) in [6.07, 6.45) is 4.56. The van der Waals surface area contributed by atoms with Gasteiger partial charge in [-0.15, -0.1) is 0 Å². The standard InChI is InChI=1S/C15H22N4O2/c1-10-7-14(18-13(16-10)9-21-2)19-8-15(20)17-11-5-3-4-6-12(11)19/h7,11-12H,3-6,8-9H2,1-2H3,(H,17,20). The van der Waals surface area contributed by atoms with Gasteiger partial charge in [0.05, 0.1) is 12.6 Å². The van der Waals surface area contributed by atoms with Gasteiger partial charge in [-0.1, -0.05) is 12.8 Å². The molecule has 1 amide bonds. The second-order valence-corrected chi connectivity index (χ2v) is 5.87. The lowest BCUT2D eigenvalue weighted by Crippen LogP contribution is -2.62. The van der Waals surface area contributed by atoms with Gasteiger partial charge in [0.15, 0.2) is 5.82 Å². The molecule has 3 rings (SSSR count). The van der Waals surface area contributed by atoms with Crippen LogP contribution in [0.15, 0.2) is 6.07 Å². The Balaban J connectivity index is 1.91. The molecule has 1 aliphatic heterocycles. The fourth-order valence-electron chi connectivity index (χ4n) is 3.38. The number of amides is 1.